The van der Waals surface area contributed by atoms with Gasteiger partial charge in [0, 0.05) is 16.2 Å². The zero-order valence-corrected chi connectivity index (χ0v) is 18.7. The molecule has 0 saturated carbocycles. The van der Waals surface area contributed by atoms with Gasteiger partial charge in [-0.25, -0.2) is 4.79 Å². The van der Waals surface area contributed by atoms with Crippen LogP contribution in [0.15, 0.2) is 66.7 Å². The van der Waals surface area contributed by atoms with Crippen molar-refractivity contribution in [3.8, 4) is 33.4 Å². The molecule has 0 unspecified atom stereocenters. The molecule has 0 amide bonds. The van der Waals surface area contributed by atoms with Gasteiger partial charge in [-0.05, 0) is 84.3 Å². The molecule has 5 nitrogen and oxygen atoms in total. The van der Waals surface area contributed by atoms with E-state index in [2.05, 4.69) is 0 Å². The number of rotatable bonds is 7. The van der Waals surface area contributed by atoms with Crippen molar-refractivity contribution in [1.82, 2.24) is 0 Å². The molecule has 0 fully saturated rings. The number of benzene rings is 3. The van der Waals surface area contributed by atoms with E-state index < -0.39 is 5.97 Å². The van der Waals surface area contributed by atoms with Crippen LogP contribution in [-0.2, 0) is 4.79 Å². The molecule has 32 heavy (non-hydrogen) atoms. The first kappa shape index (κ1) is 21.5. The summed E-state index contributed by atoms with van der Waals surface area (Å²) in [5.41, 5.74) is 2.78. The van der Waals surface area contributed by atoms with Crippen molar-refractivity contribution >= 4 is 33.5 Å². The van der Waals surface area contributed by atoms with E-state index in [0.29, 0.717) is 5.75 Å². The minimum absolute atomic E-state index is 0.681. The van der Waals surface area contributed by atoms with Gasteiger partial charge in [0.2, 0.25) is 0 Å². The molecule has 0 aliphatic carbocycles. The van der Waals surface area contributed by atoms with Gasteiger partial charge in [0.1, 0.15) is 17.2 Å². The lowest BCUT2D eigenvalue weighted by Gasteiger charge is -2.11. The number of carboxylic acid groups (broad SMARTS) is 1. The van der Waals surface area contributed by atoms with Gasteiger partial charge in [0.25, 0.3) is 0 Å². The standard InChI is InChI=1S/C26H22O5S/c1-16-14-21(10-4-17(16)7-13-24(27)28)31-25-22-12-11-20(30-3)15-23(22)32-26(25)18-5-8-19(29-2)9-6-18/h4-15H,1-3H3,(H,27,28)/b13-7+. The second-order valence-corrected chi connectivity index (χ2v) is 8.20. The summed E-state index contributed by atoms with van der Waals surface area (Å²) in [7, 11) is 3.30. The van der Waals surface area contributed by atoms with Crippen molar-refractivity contribution in [2.24, 2.45) is 0 Å². The fourth-order valence-corrected chi connectivity index (χ4v) is 4.56. The summed E-state index contributed by atoms with van der Waals surface area (Å²) >= 11 is 1.64. The van der Waals surface area contributed by atoms with Crippen molar-refractivity contribution in [3.05, 3.63) is 77.9 Å². The van der Waals surface area contributed by atoms with E-state index in [9.17, 15) is 4.79 Å². The third-order valence-corrected chi connectivity index (χ3v) is 6.25. The molecule has 1 aromatic heterocycles. The van der Waals surface area contributed by atoms with E-state index in [1.807, 2.05) is 67.6 Å². The molecule has 0 aliphatic rings. The average Bonchev–Trinajstić information content (AvgIpc) is 3.15. The molecule has 0 aliphatic heterocycles. The highest BCUT2D eigenvalue weighted by atomic mass is 32.1. The van der Waals surface area contributed by atoms with Crippen LogP contribution < -0.4 is 14.2 Å². The summed E-state index contributed by atoms with van der Waals surface area (Å²) in [5.74, 6) is 2.05. The summed E-state index contributed by atoms with van der Waals surface area (Å²) < 4.78 is 18.2. The second-order valence-electron chi connectivity index (χ2n) is 7.14. The summed E-state index contributed by atoms with van der Waals surface area (Å²) in [6.07, 6.45) is 2.71. The normalized spacial score (nSPS) is 11.1. The number of hydrogen-bond donors (Lipinski definition) is 1. The third-order valence-electron chi connectivity index (χ3n) is 5.07. The summed E-state index contributed by atoms with van der Waals surface area (Å²) in [6.45, 7) is 1.93. The molecule has 1 heterocycles. The smallest absolute Gasteiger partial charge is 0.328 e. The van der Waals surface area contributed by atoms with Crippen LogP contribution in [0.1, 0.15) is 11.1 Å². The van der Waals surface area contributed by atoms with E-state index in [4.69, 9.17) is 19.3 Å². The Morgan fingerprint density at radius 2 is 1.59 bits per heavy atom. The van der Waals surface area contributed by atoms with Gasteiger partial charge in [-0.15, -0.1) is 11.3 Å². The number of thiophene rings is 1. The molecule has 4 aromatic rings. The number of aliphatic carboxylic acids is 1. The molecule has 3 aromatic carbocycles. The Bertz CT molecular complexity index is 1300. The second kappa shape index (κ2) is 9.16. The van der Waals surface area contributed by atoms with Crippen LogP contribution in [0.5, 0.6) is 23.0 Å². The lowest BCUT2D eigenvalue weighted by molar-refractivity contribution is -0.131. The number of fused-ring (bicyclic) bond motifs is 1. The maximum absolute atomic E-state index is 10.8. The van der Waals surface area contributed by atoms with Crippen LogP contribution in [0, 0.1) is 6.92 Å². The molecule has 0 bridgehead atoms. The van der Waals surface area contributed by atoms with Crippen molar-refractivity contribution in [3.63, 3.8) is 0 Å². The van der Waals surface area contributed by atoms with Gasteiger partial charge < -0.3 is 19.3 Å². The Morgan fingerprint density at radius 3 is 2.25 bits per heavy atom. The number of methoxy groups -OCH3 is 2. The van der Waals surface area contributed by atoms with Gasteiger partial charge in [-0.1, -0.05) is 6.07 Å². The molecule has 4 rings (SSSR count). The fraction of sp³-hybridized carbons (Fsp3) is 0.115. The van der Waals surface area contributed by atoms with Crippen LogP contribution in [0.4, 0.5) is 0 Å². The number of carbonyl (C=O) groups is 1. The van der Waals surface area contributed by atoms with Crippen molar-refractivity contribution in [2.75, 3.05) is 14.2 Å². The van der Waals surface area contributed by atoms with Crippen LogP contribution in [-0.4, -0.2) is 25.3 Å². The number of ether oxygens (including phenoxy) is 3. The van der Waals surface area contributed by atoms with Crippen molar-refractivity contribution < 1.29 is 24.1 Å². The SMILES string of the molecule is COc1ccc(-c2sc3cc(OC)ccc3c2Oc2ccc(/C=C/C(=O)O)c(C)c2)cc1. The van der Waals surface area contributed by atoms with Crippen LogP contribution >= 0.6 is 11.3 Å². The quantitative estimate of drug-likeness (QED) is 0.317. The van der Waals surface area contributed by atoms with Crippen LogP contribution in [0.2, 0.25) is 0 Å². The van der Waals surface area contributed by atoms with Gasteiger partial charge in [0.15, 0.2) is 5.75 Å². The summed E-state index contributed by atoms with van der Waals surface area (Å²) in [5, 5.41) is 9.87. The first-order chi connectivity index (χ1) is 15.5. The zero-order valence-electron chi connectivity index (χ0n) is 17.9. The Labute approximate surface area is 190 Å². The first-order valence-corrected chi connectivity index (χ1v) is 10.7. The topological polar surface area (TPSA) is 65.0 Å². The highest BCUT2D eigenvalue weighted by molar-refractivity contribution is 7.22. The Hall–Kier alpha value is -3.77. The molecule has 1 N–H and O–H groups in total. The highest BCUT2D eigenvalue weighted by Crippen LogP contribution is 2.47. The minimum atomic E-state index is -0.978. The third kappa shape index (κ3) is 4.45. The minimum Gasteiger partial charge on any atom is -0.497 e. The van der Waals surface area contributed by atoms with E-state index >= 15 is 0 Å². The van der Waals surface area contributed by atoms with E-state index in [1.54, 1.807) is 31.6 Å². The number of aryl methyl sites for hydroxylation is 1. The lowest BCUT2D eigenvalue weighted by atomic mass is 10.1. The predicted molar refractivity (Wildman–Crippen MR) is 128 cm³/mol. The van der Waals surface area contributed by atoms with E-state index in [0.717, 1.165) is 55.0 Å². The van der Waals surface area contributed by atoms with Crippen molar-refractivity contribution in [2.45, 2.75) is 6.92 Å². The summed E-state index contributed by atoms with van der Waals surface area (Å²) in [6, 6.07) is 19.4. The largest absolute Gasteiger partial charge is 0.497 e. The molecule has 0 atom stereocenters. The predicted octanol–water partition coefficient (Wildman–Crippen LogP) is 6.78. The maximum atomic E-state index is 10.8. The first-order valence-electron chi connectivity index (χ1n) is 9.93. The fourth-order valence-electron chi connectivity index (χ4n) is 3.39. The van der Waals surface area contributed by atoms with Gasteiger partial charge >= 0.3 is 5.97 Å². The van der Waals surface area contributed by atoms with E-state index in [1.165, 1.54) is 0 Å². The highest BCUT2D eigenvalue weighted by Gasteiger charge is 2.17. The zero-order chi connectivity index (χ0) is 22.7. The summed E-state index contributed by atoms with van der Waals surface area (Å²) in [4.78, 5) is 11.8. The number of carboxylic acids is 1. The van der Waals surface area contributed by atoms with Gasteiger partial charge in [-0.2, -0.15) is 0 Å². The lowest BCUT2D eigenvalue weighted by Crippen LogP contribution is -1.90. The van der Waals surface area contributed by atoms with Crippen molar-refractivity contribution in [1.29, 1.82) is 0 Å². The Morgan fingerprint density at radius 1 is 0.906 bits per heavy atom. The van der Waals surface area contributed by atoms with Crippen LogP contribution in [0.3, 0.4) is 0 Å². The maximum Gasteiger partial charge on any atom is 0.328 e. The van der Waals surface area contributed by atoms with Gasteiger partial charge in [-0.3, -0.25) is 0 Å². The molecule has 0 saturated heterocycles. The number of hydrogen-bond acceptors (Lipinski definition) is 5. The molecule has 0 spiro atoms. The van der Waals surface area contributed by atoms with E-state index in [-0.39, 0.29) is 0 Å². The van der Waals surface area contributed by atoms with Crippen LogP contribution in [0.25, 0.3) is 26.6 Å². The Kier molecular flexibility index (Phi) is 6.14. The molecule has 6 heteroatoms. The average molecular weight is 447 g/mol. The monoisotopic (exact) mass is 446 g/mol. The molecular formula is C26H22O5S. The Balaban J connectivity index is 1.78. The molecule has 0 radical (unpaired) electrons. The van der Waals surface area contributed by atoms with Gasteiger partial charge in [0.05, 0.1) is 19.1 Å². The molecular weight excluding hydrogens is 424 g/mol. The molecule has 162 valence electrons.